The molecule has 0 aliphatic carbocycles. The van der Waals surface area contributed by atoms with Crippen molar-refractivity contribution in [2.24, 2.45) is 23.7 Å². The molecule has 2 heterocycles. The van der Waals surface area contributed by atoms with Crippen LogP contribution in [-0.4, -0.2) is 31.1 Å². The summed E-state index contributed by atoms with van der Waals surface area (Å²) in [6.07, 6.45) is 2.80. The molecule has 1 N–H and O–H groups in total. The fourth-order valence-corrected chi connectivity index (χ4v) is 4.19. The lowest BCUT2D eigenvalue weighted by molar-refractivity contribution is 0.134. The Morgan fingerprint density at radius 3 is 1.83 bits per heavy atom. The molecule has 0 spiro atoms. The highest BCUT2D eigenvalue weighted by atomic mass is 15.1. The van der Waals surface area contributed by atoms with Crippen LogP contribution < -0.4 is 5.32 Å². The molecule has 0 radical (unpaired) electrons. The third-order valence-corrected chi connectivity index (χ3v) is 4.98. The van der Waals surface area contributed by atoms with E-state index in [2.05, 4.69) is 68.2 Å². The number of likely N-dealkylation sites (tertiary alicyclic amines) is 1. The Bertz CT molecular complexity index is 413. The summed E-state index contributed by atoms with van der Waals surface area (Å²) < 4.78 is 0. The maximum Gasteiger partial charge on any atom is 0.0233 e. The van der Waals surface area contributed by atoms with Gasteiger partial charge in [0.15, 0.2) is 0 Å². The Morgan fingerprint density at radius 2 is 1.35 bits per heavy atom. The first-order valence-corrected chi connectivity index (χ1v) is 9.50. The molecule has 2 unspecified atom stereocenters. The molecule has 0 amide bonds. The molecular formula is C21H36N2. The molecule has 0 bridgehead atoms. The van der Waals surface area contributed by atoms with Crippen LogP contribution in [-0.2, 0) is 6.54 Å². The molecule has 130 valence electrons. The van der Waals surface area contributed by atoms with E-state index in [9.17, 15) is 0 Å². The van der Waals surface area contributed by atoms with E-state index < -0.39 is 0 Å². The monoisotopic (exact) mass is 316 g/mol. The Hall–Kier alpha value is -0.860. The standard InChI is InChI=1S/C14H21N.C7H15N/c1-12-8-13(2)10-15(9-12)11-14-6-4-3-5-7-14;1-6-3-7(2)5-8-4-6/h3-7,12-13H,8-11H2,1-2H3;6-8H,3-5H2,1-2H3/t12-,13-;/m0./s1. The van der Waals surface area contributed by atoms with Crippen molar-refractivity contribution in [3.05, 3.63) is 35.9 Å². The van der Waals surface area contributed by atoms with Gasteiger partial charge in [-0.15, -0.1) is 0 Å². The fourth-order valence-electron chi connectivity index (χ4n) is 4.19. The first-order valence-electron chi connectivity index (χ1n) is 9.50. The van der Waals surface area contributed by atoms with E-state index in [1.165, 1.54) is 44.6 Å². The van der Waals surface area contributed by atoms with Crippen LogP contribution in [0, 0.1) is 23.7 Å². The van der Waals surface area contributed by atoms with E-state index in [4.69, 9.17) is 0 Å². The number of hydrogen-bond donors (Lipinski definition) is 1. The molecule has 2 heteroatoms. The van der Waals surface area contributed by atoms with E-state index in [1.54, 1.807) is 0 Å². The average Bonchev–Trinajstić information content (AvgIpc) is 2.47. The van der Waals surface area contributed by atoms with Crippen molar-refractivity contribution >= 4 is 0 Å². The van der Waals surface area contributed by atoms with Crippen LogP contribution in [0.2, 0.25) is 0 Å². The van der Waals surface area contributed by atoms with Crippen molar-refractivity contribution in [3.8, 4) is 0 Å². The van der Waals surface area contributed by atoms with Crippen LogP contribution in [0.15, 0.2) is 30.3 Å². The van der Waals surface area contributed by atoms with E-state index in [0.29, 0.717) is 0 Å². The zero-order valence-electron chi connectivity index (χ0n) is 15.6. The molecule has 1 aromatic rings. The average molecular weight is 317 g/mol. The third kappa shape index (κ3) is 7.05. The normalized spacial score (nSPS) is 32.0. The SMILES string of the molecule is CC1CNCC(C)C1.C[C@H]1C[C@H](C)CN(Cc2ccccc2)C1. The molecule has 0 aromatic heterocycles. The van der Waals surface area contributed by atoms with Gasteiger partial charge < -0.3 is 5.32 Å². The molecule has 1 aromatic carbocycles. The van der Waals surface area contributed by atoms with Gasteiger partial charge in [-0.1, -0.05) is 58.0 Å². The zero-order chi connectivity index (χ0) is 16.7. The number of rotatable bonds is 2. The van der Waals surface area contributed by atoms with E-state index >= 15 is 0 Å². The quantitative estimate of drug-likeness (QED) is 0.869. The minimum Gasteiger partial charge on any atom is -0.316 e. The topological polar surface area (TPSA) is 15.3 Å². The van der Waals surface area contributed by atoms with Gasteiger partial charge >= 0.3 is 0 Å². The van der Waals surface area contributed by atoms with Gasteiger partial charge in [0.2, 0.25) is 0 Å². The van der Waals surface area contributed by atoms with Crippen LogP contribution in [0.1, 0.15) is 46.1 Å². The second-order valence-corrected chi connectivity index (χ2v) is 8.23. The molecule has 2 aliphatic rings. The summed E-state index contributed by atoms with van der Waals surface area (Å²) in [6, 6.07) is 10.8. The molecule has 4 atom stereocenters. The Labute approximate surface area is 143 Å². The number of hydrogen-bond acceptors (Lipinski definition) is 2. The molecule has 2 saturated heterocycles. The van der Waals surface area contributed by atoms with Crippen LogP contribution in [0.5, 0.6) is 0 Å². The van der Waals surface area contributed by atoms with Crippen LogP contribution >= 0.6 is 0 Å². The maximum atomic E-state index is 3.38. The second kappa shape index (κ2) is 9.44. The summed E-state index contributed by atoms with van der Waals surface area (Å²) in [5.41, 5.74) is 1.44. The molecule has 2 aliphatic heterocycles. The van der Waals surface area contributed by atoms with Gasteiger partial charge in [0.1, 0.15) is 0 Å². The van der Waals surface area contributed by atoms with Gasteiger partial charge in [-0.25, -0.2) is 0 Å². The lowest BCUT2D eigenvalue weighted by Crippen LogP contribution is -2.38. The van der Waals surface area contributed by atoms with Gasteiger partial charge in [-0.3, -0.25) is 4.90 Å². The lowest BCUT2D eigenvalue weighted by atomic mass is 9.91. The Morgan fingerprint density at radius 1 is 0.826 bits per heavy atom. The van der Waals surface area contributed by atoms with Gasteiger partial charge in [0.25, 0.3) is 0 Å². The maximum absolute atomic E-state index is 3.38. The number of benzene rings is 1. The van der Waals surface area contributed by atoms with Crippen LogP contribution in [0.25, 0.3) is 0 Å². The first kappa shape index (κ1) is 18.5. The number of nitrogens with one attached hydrogen (secondary N) is 1. The highest BCUT2D eigenvalue weighted by Crippen LogP contribution is 2.22. The molecule has 23 heavy (non-hydrogen) atoms. The predicted molar refractivity (Wildman–Crippen MR) is 100 cm³/mol. The smallest absolute Gasteiger partial charge is 0.0233 e. The lowest BCUT2D eigenvalue weighted by Gasteiger charge is -2.34. The number of nitrogens with zero attached hydrogens (tertiary/aromatic N) is 1. The molecular weight excluding hydrogens is 280 g/mol. The summed E-state index contributed by atoms with van der Waals surface area (Å²) in [6.45, 7) is 15.5. The highest BCUT2D eigenvalue weighted by molar-refractivity contribution is 5.14. The number of piperidine rings is 2. The van der Waals surface area contributed by atoms with Crippen molar-refractivity contribution < 1.29 is 0 Å². The fraction of sp³-hybridized carbons (Fsp3) is 0.714. The summed E-state index contributed by atoms with van der Waals surface area (Å²) in [5, 5.41) is 3.38. The van der Waals surface area contributed by atoms with E-state index in [0.717, 1.165) is 30.2 Å². The molecule has 2 fully saturated rings. The van der Waals surface area contributed by atoms with Crippen molar-refractivity contribution in [2.45, 2.75) is 47.1 Å². The largest absolute Gasteiger partial charge is 0.316 e. The van der Waals surface area contributed by atoms with Gasteiger partial charge in [-0.2, -0.15) is 0 Å². The molecule has 0 saturated carbocycles. The van der Waals surface area contributed by atoms with Crippen molar-refractivity contribution in [1.82, 2.24) is 10.2 Å². The summed E-state index contributed by atoms with van der Waals surface area (Å²) in [4.78, 5) is 2.59. The highest BCUT2D eigenvalue weighted by Gasteiger charge is 2.21. The second-order valence-electron chi connectivity index (χ2n) is 8.23. The van der Waals surface area contributed by atoms with E-state index in [1.807, 2.05) is 0 Å². The predicted octanol–water partition coefficient (Wildman–Crippen LogP) is 4.42. The van der Waals surface area contributed by atoms with Gasteiger partial charge in [-0.05, 0) is 55.2 Å². The van der Waals surface area contributed by atoms with Gasteiger partial charge in [0, 0.05) is 19.6 Å². The van der Waals surface area contributed by atoms with Crippen molar-refractivity contribution in [3.63, 3.8) is 0 Å². The molecule has 3 rings (SSSR count). The van der Waals surface area contributed by atoms with E-state index in [-0.39, 0.29) is 0 Å². The first-order chi connectivity index (χ1) is 11.0. The molecule has 2 nitrogen and oxygen atoms in total. The zero-order valence-corrected chi connectivity index (χ0v) is 15.6. The Balaban J connectivity index is 0.000000203. The van der Waals surface area contributed by atoms with Crippen molar-refractivity contribution in [1.29, 1.82) is 0 Å². The van der Waals surface area contributed by atoms with Gasteiger partial charge in [0.05, 0.1) is 0 Å². The Kier molecular flexibility index (Phi) is 7.58. The van der Waals surface area contributed by atoms with Crippen molar-refractivity contribution in [2.75, 3.05) is 26.2 Å². The summed E-state index contributed by atoms with van der Waals surface area (Å²) >= 11 is 0. The van der Waals surface area contributed by atoms with Crippen LogP contribution in [0.4, 0.5) is 0 Å². The summed E-state index contributed by atoms with van der Waals surface area (Å²) in [7, 11) is 0. The minimum absolute atomic E-state index is 0.859. The minimum atomic E-state index is 0.859. The third-order valence-electron chi connectivity index (χ3n) is 4.98. The summed E-state index contributed by atoms with van der Waals surface area (Å²) in [5.74, 6) is 3.52. The van der Waals surface area contributed by atoms with Crippen LogP contribution in [0.3, 0.4) is 0 Å².